The van der Waals surface area contributed by atoms with Crippen LogP contribution in [0.5, 0.6) is 28.7 Å². The van der Waals surface area contributed by atoms with Gasteiger partial charge in [-0.3, -0.25) is 50.3 Å². The van der Waals surface area contributed by atoms with Crippen LogP contribution in [0.3, 0.4) is 0 Å². The van der Waals surface area contributed by atoms with Crippen molar-refractivity contribution in [1.29, 1.82) is 0 Å². The topological polar surface area (TPSA) is 703 Å². The summed E-state index contributed by atoms with van der Waals surface area (Å²) in [6.45, 7) is -1.33. The van der Waals surface area contributed by atoms with Crippen LogP contribution in [0, 0.1) is 0 Å². The van der Waals surface area contributed by atoms with Gasteiger partial charge in [0, 0.05) is 17.7 Å². The van der Waals surface area contributed by atoms with Crippen molar-refractivity contribution in [3.63, 3.8) is 0 Å². The Bertz CT molecular complexity index is 4230. The zero-order valence-electron chi connectivity index (χ0n) is 38.6. The molecule has 2 aliphatic rings. The fraction of sp³-hybridized carbons (Fsp3) is 0.444. The van der Waals surface area contributed by atoms with Crippen LogP contribution in [0.15, 0.2) is 39.5 Å². The molecule has 2 aromatic carbocycles. The fourth-order valence-corrected chi connectivity index (χ4v) is 11.4. The lowest BCUT2D eigenvalue weighted by molar-refractivity contribution is -0.306. The Morgan fingerprint density at radius 2 is 0.843 bits per heavy atom. The van der Waals surface area contributed by atoms with Gasteiger partial charge in [0.2, 0.25) is 17.5 Å². The molecule has 0 radical (unpaired) electrons. The summed E-state index contributed by atoms with van der Waals surface area (Å²) < 4.78 is 405. The number of fused-ring (bicyclic) bond motifs is 1. The van der Waals surface area contributed by atoms with E-state index >= 15 is 0 Å². The second-order valence-electron chi connectivity index (χ2n) is 15.2. The Kier molecular flexibility index (Phi) is 20.2. The van der Waals surface area contributed by atoms with Gasteiger partial charge < -0.3 is 40.1 Å². The second-order valence-corrected chi connectivity index (χ2v) is 25.6. The third-order valence-electron chi connectivity index (χ3n) is 9.26. The smallest absolute Gasteiger partial charge is 0.446 e. The zero-order chi connectivity index (χ0) is 63.4. The van der Waals surface area contributed by atoms with E-state index in [2.05, 4.69) is 41.8 Å². The van der Waals surface area contributed by atoms with Gasteiger partial charge in [-0.05, 0) is 25.1 Å². The summed E-state index contributed by atoms with van der Waals surface area (Å²) in [5, 5.41) is -1.54. The van der Waals surface area contributed by atoms with Crippen molar-refractivity contribution in [2.45, 2.75) is 68.3 Å². The quantitative estimate of drug-likeness (QED) is 0.0337. The van der Waals surface area contributed by atoms with Crippen molar-refractivity contribution in [1.82, 2.24) is 0 Å². The van der Waals surface area contributed by atoms with Crippen molar-refractivity contribution < 1.29 is 195 Å². The molecule has 0 aliphatic carbocycles. The summed E-state index contributed by atoms with van der Waals surface area (Å²) in [5.41, 5.74) is -4.68. The van der Waals surface area contributed by atoms with Gasteiger partial charge in [0.1, 0.15) is 41.5 Å². The summed E-state index contributed by atoms with van der Waals surface area (Å²) in [6, 6.07) is 0.957. The standard InChI is InChI=1S/C27H30O46S10/c1-8-18(68-78(41,42)43)22(70-80(47,48)49)24(72-82(53,54)55)26(60-8)59-7-15-20(69-79(44,45)46)23(71-81(50,51)52)25(73-83(56,57)58)27(62-15)63-21-17(28)16-13(5-10(64-74(29,30)31)6-14(16)67-77(38,39)40)61-19(21)9-2-3-11(65-75(32,33)34)12(4-9)66-76(35,36)37/h2-6,8,15,18,20,22-27H,7H2,1H3,(H,29,30,31)(H,32,33,34)(H,35,36,37)(H,38,39,40)(H,41,42,43)(H,44,45,46)(H,47,48,49)(H,50,51,52)(H,53,54,55)(H,56,57,58)/t8-,15-,18-,20-,22+,23+,24+,25-,26-,27-/m0/s1. The first-order valence-electron chi connectivity index (χ1n) is 19.6. The maximum atomic E-state index is 14.8. The lowest BCUT2D eigenvalue weighted by atomic mass is 9.98. The minimum absolute atomic E-state index is 0.0293. The maximum Gasteiger partial charge on any atom is 0.446 e. The molecule has 83 heavy (non-hydrogen) atoms. The van der Waals surface area contributed by atoms with E-state index in [-0.39, 0.29) is 24.3 Å². The number of rotatable bonds is 26. The van der Waals surface area contributed by atoms with Crippen molar-refractivity contribution in [3.8, 4) is 40.1 Å². The lowest BCUT2D eigenvalue weighted by Crippen LogP contribution is -2.65. The largest absolute Gasteiger partial charge is 0.454 e. The molecule has 2 aliphatic heterocycles. The molecule has 1 aromatic heterocycles. The van der Waals surface area contributed by atoms with Crippen LogP contribution in [-0.4, -0.2) is 198 Å². The van der Waals surface area contributed by atoms with Gasteiger partial charge in [-0.2, -0.15) is 84.2 Å². The van der Waals surface area contributed by atoms with Crippen LogP contribution in [0.25, 0.3) is 22.3 Å². The van der Waals surface area contributed by atoms with E-state index in [0.717, 1.165) is 0 Å². The van der Waals surface area contributed by atoms with E-state index in [0.29, 0.717) is 13.0 Å². The van der Waals surface area contributed by atoms with Crippen molar-refractivity contribution in [3.05, 3.63) is 40.6 Å². The average Bonchev–Trinajstić information content (AvgIpc) is 3.43. The van der Waals surface area contributed by atoms with Crippen LogP contribution in [-0.2, 0) is 143 Å². The molecular formula is C27H30O46S10. The molecule has 5 rings (SSSR count). The highest BCUT2D eigenvalue weighted by Gasteiger charge is 2.57. The highest BCUT2D eigenvalue weighted by molar-refractivity contribution is 7.83. The number of hydrogen-bond donors (Lipinski definition) is 10. The summed E-state index contributed by atoms with van der Waals surface area (Å²) in [7, 11) is -60.4. The van der Waals surface area contributed by atoms with E-state index in [1.54, 1.807) is 0 Å². The molecule has 3 heterocycles. The van der Waals surface area contributed by atoms with Crippen molar-refractivity contribution in [2.75, 3.05) is 6.61 Å². The van der Waals surface area contributed by atoms with E-state index in [1.165, 1.54) is 0 Å². The van der Waals surface area contributed by atoms with Crippen molar-refractivity contribution in [2.24, 2.45) is 0 Å². The molecule has 10 atom stereocenters. The van der Waals surface area contributed by atoms with Gasteiger partial charge in [-0.15, -0.1) is 0 Å². The summed E-state index contributed by atoms with van der Waals surface area (Å²) >= 11 is 0. The number of hydrogen-bond acceptors (Lipinski definition) is 36. The minimum Gasteiger partial charge on any atom is -0.454 e. The van der Waals surface area contributed by atoms with Gasteiger partial charge in [0.15, 0.2) is 47.3 Å². The normalized spacial score (nSPS) is 24.7. The molecule has 56 heteroatoms. The molecule has 2 fully saturated rings. The molecule has 474 valence electrons. The SMILES string of the molecule is C[C@@H]1O[C@H](OC[C@@H]2O[C@@H](Oc3c(-c4ccc(OS(=O)(=O)O)c(OS(=O)(=O)O)c4)oc4cc(OS(=O)(=O)O)cc(OS(=O)(=O)O)c4c3=O)[C@@H](OS(=O)(=O)O)[C@H](OS(=O)(=O)O)[C@H]2OS(=O)(=O)O)[C@H](OS(=O)(=O)O)[C@H](OS(=O)(=O)O)[C@H]1OS(=O)(=O)O. The predicted molar refractivity (Wildman–Crippen MR) is 245 cm³/mol. The van der Waals surface area contributed by atoms with E-state index < -0.39 is 228 Å². The molecule has 3 aromatic rings. The molecule has 0 bridgehead atoms. The third-order valence-corrected chi connectivity index (χ3v) is 13.6. The first-order valence-corrected chi connectivity index (χ1v) is 33.3. The van der Waals surface area contributed by atoms with E-state index in [1.807, 2.05) is 0 Å². The summed E-state index contributed by atoms with van der Waals surface area (Å²) in [4.78, 5) is 14.8. The highest BCUT2D eigenvalue weighted by Crippen LogP contribution is 2.43. The molecule has 0 spiro atoms. The molecule has 10 N–H and O–H groups in total. The second kappa shape index (κ2) is 24.3. The molecule has 0 unspecified atom stereocenters. The van der Waals surface area contributed by atoms with Crippen LogP contribution >= 0.6 is 0 Å². The zero-order valence-corrected chi connectivity index (χ0v) is 46.8. The Morgan fingerprint density at radius 1 is 0.434 bits per heavy atom. The predicted octanol–water partition coefficient (Wildman–Crippen LogP) is -4.82. The first kappa shape index (κ1) is 69.2. The summed E-state index contributed by atoms with van der Waals surface area (Å²) in [5.74, 6) is -9.61. The summed E-state index contributed by atoms with van der Waals surface area (Å²) in [6.07, 6.45) is -31.1. The fourth-order valence-electron chi connectivity index (χ4n) is 6.94. The Morgan fingerprint density at radius 3 is 1.31 bits per heavy atom. The van der Waals surface area contributed by atoms with Gasteiger partial charge >= 0.3 is 104 Å². The molecule has 0 amide bonds. The van der Waals surface area contributed by atoms with Crippen LogP contribution in [0.1, 0.15) is 6.92 Å². The molecular weight excluding hydrogens is 1380 g/mol. The van der Waals surface area contributed by atoms with E-state index in [4.69, 9.17) is 23.4 Å². The molecule has 2 saturated heterocycles. The number of benzene rings is 2. The molecule has 0 saturated carbocycles. The van der Waals surface area contributed by atoms with Crippen LogP contribution in [0.2, 0.25) is 0 Å². The molecule has 46 nitrogen and oxygen atoms in total. The van der Waals surface area contributed by atoms with Crippen LogP contribution < -0.4 is 26.9 Å². The van der Waals surface area contributed by atoms with Gasteiger partial charge in [-0.25, -0.2) is 25.1 Å². The highest BCUT2D eigenvalue weighted by atomic mass is 32.3. The monoisotopic (exact) mass is 1410 g/mol. The first-order chi connectivity index (χ1) is 37.1. The van der Waals surface area contributed by atoms with Gasteiger partial charge in [-0.1, -0.05) is 0 Å². The third kappa shape index (κ3) is 21.4. The number of ether oxygens (including phenoxy) is 4. The van der Waals surface area contributed by atoms with Crippen LogP contribution in [0.4, 0.5) is 0 Å². The Balaban J connectivity index is 1.88. The van der Waals surface area contributed by atoms with Gasteiger partial charge in [0.05, 0.1) is 12.7 Å². The van der Waals surface area contributed by atoms with Gasteiger partial charge in [0.25, 0.3) is 0 Å². The Labute approximate surface area is 462 Å². The lowest BCUT2D eigenvalue weighted by Gasteiger charge is -2.45. The van der Waals surface area contributed by atoms with E-state index in [9.17, 15) is 135 Å². The minimum atomic E-state index is -6.39. The average molecular weight is 1410 g/mol. The van der Waals surface area contributed by atoms with Crippen molar-refractivity contribution >= 4 is 115 Å². The Hall–Kier alpha value is -4.61. The maximum absolute atomic E-state index is 14.8.